The van der Waals surface area contributed by atoms with E-state index in [4.69, 9.17) is 6.42 Å². The molecule has 0 radical (unpaired) electrons. The summed E-state index contributed by atoms with van der Waals surface area (Å²) in [5.41, 5.74) is 0.706. The molecule has 1 aromatic heterocycles. The minimum atomic E-state index is -0.615. The minimum absolute atomic E-state index is 0.311. The molecular weight excluding hydrogens is 140 g/mol. The molecule has 1 atom stereocenters. The van der Waals surface area contributed by atoms with Gasteiger partial charge in [0.1, 0.15) is 0 Å². The van der Waals surface area contributed by atoms with E-state index in [0.717, 1.165) is 0 Å². The van der Waals surface area contributed by atoms with E-state index >= 15 is 0 Å². The highest BCUT2D eigenvalue weighted by Gasteiger charge is 2.03. The van der Waals surface area contributed by atoms with Crippen LogP contribution in [0.2, 0.25) is 0 Å². The number of rotatable bonds is 2. The van der Waals surface area contributed by atoms with Gasteiger partial charge >= 0.3 is 0 Å². The molecule has 0 saturated carbocycles. The Labute approximate surface area is 65.1 Å². The van der Waals surface area contributed by atoms with Gasteiger partial charge in [0.25, 0.3) is 0 Å². The third kappa shape index (κ3) is 2.03. The zero-order chi connectivity index (χ0) is 8.10. The predicted octanol–water partition coefficient (Wildman–Crippen LogP) is 0.533. The van der Waals surface area contributed by atoms with Gasteiger partial charge < -0.3 is 5.11 Å². The van der Waals surface area contributed by atoms with Gasteiger partial charge in [-0.15, -0.1) is 12.3 Å². The van der Waals surface area contributed by atoms with Crippen LogP contribution in [0.5, 0.6) is 0 Å². The minimum Gasteiger partial charge on any atom is -0.387 e. The first kappa shape index (κ1) is 7.70. The number of terminal acetylenes is 1. The number of hydrogen-bond acceptors (Lipinski definition) is 3. The lowest BCUT2D eigenvalue weighted by atomic mass is 10.1. The molecule has 3 heteroatoms. The van der Waals surface area contributed by atoms with Gasteiger partial charge in [-0.25, -0.2) is 0 Å². The van der Waals surface area contributed by atoms with Crippen LogP contribution in [0.3, 0.4) is 0 Å². The molecule has 0 saturated heterocycles. The smallest absolute Gasteiger partial charge is 0.0915 e. The van der Waals surface area contributed by atoms with E-state index in [2.05, 4.69) is 16.1 Å². The van der Waals surface area contributed by atoms with Crippen LogP contribution in [0.4, 0.5) is 0 Å². The summed E-state index contributed by atoms with van der Waals surface area (Å²) in [5.74, 6) is 2.37. The topological polar surface area (TPSA) is 46.0 Å². The van der Waals surface area contributed by atoms with E-state index < -0.39 is 6.10 Å². The van der Waals surface area contributed by atoms with Crippen LogP contribution in [0.15, 0.2) is 18.5 Å². The maximum Gasteiger partial charge on any atom is 0.0915 e. The normalized spacial score (nSPS) is 12.0. The van der Waals surface area contributed by atoms with Gasteiger partial charge in [-0.1, -0.05) is 0 Å². The Bertz CT molecular complexity index is 253. The van der Waals surface area contributed by atoms with Crippen molar-refractivity contribution >= 4 is 0 Å². The van der Waals surface area contributed by atoms with Crippen molar-refractivity contribution in [2.75, 3.05) is 0 Å². The summed E-state index contributed by atoms with van der Waals surface area (Å²) in [5, 5.41) is 16.5. The predicted molar refractivity (Wildman–Crippen MR) is 40.4 cm³/mol. The molecule has 0 aliphatic carbocycles. The van der Waals surface area contributed by atoms with Crippen LogP contribution < -0.4 is 0 Å². The molecule has 0 fully saturated rings. The van der Waals surface area contributed by atoms with Crippen molar-refractivity contribution in [3.05, 3.63) is 24.0 Å². The summed E-state index contributed by atoms with van der Waals surface area (Å²) >= 11 is 0. The van der Waals surface area contributed by atoms with Gasteiger partial charge in [0.15, 0.2) is 0 Å². The Morgan fingerprint density at radius 3 is 3.00 bits per heavy atom. The molecule has 1 heterocycles. The van der Waals surface area contributed by atoms with Gasteiger partial charge in [-0.05, 0) is 6.07 Å². The zero-order valence-electron chi connectivity index (χ0n) is 5.94. The van der Waals surface area contributed by atoms with E-state index in [1.165, 1.54) is 12.4 Å². The summed E-state index contributed by atoms with van der Waals surface area (Å²) in [6.07, 6.45) is 7.74. The summed E-state index contributed by atoms with van der Waals surface area (Å²) in [4.78, 5) is 0. The Morgan fingerprint density at radius 2 is 2.45 bits per heavy atom. The van der Waals surface area contributed by atoms with Gasteiger partial charge in [-0.3, -0.25) is 0 Å². The Morgan fingerprint density at radius 1 is 1.64 bits per heavy atom. The largest absolute Gasteiger partial charge is 0.387 e. The fraction of sp³-hybridized carbons (Fsp3) is 0.250. The second-order valence-electron chi connectivity index (χ2n) is 2.10. The van der Waals surface area contributed by atoms with Crippen LogP contribution in [0.25, 0.3) is 0 Å². The van der Waals surface area contributed by atoms with E-state index in [1.807, 2.05) is 0 Å². The molecule has 0 amide bonds. The van der Waals surface area contributed by atoms with E-state index in [0.29, 0.717) is 12.0 Å². The van der Waals surface area contributed by atoms with Crippen LogP contribution in [0.1, 0.15) is 18.1 Å². The third-order valence-corrected chi connectivity index (χ3v) is 1.30. The quantitative estimate of drug-likeness (QED) is 0.622. The lowest BCUT2D eigenvalue weighted by Crippen LogP contribution is -1.96. The first-order valence-electron chi connectivity index (χ1n) is 3.22. The highest BCUT2D eigenvalue weighted by molar-refractivity contribution is 5.11. The Kier molecular flexibility index (Phi) is 2.59. The molecule has 0 bridgehead atoms. The Hall–Kier alpha value is -1.40. The van der Waals surface area contributed by atoms with Gasteiger partial charge in [0, 0.05) is 18.2 Å². The average molecular weight is 148 g/mol. The van der Waals surface area contributed by atoms with Crippen molar-refractivity contribution in [3.8, 4) is 12.3 Å². The molecule has 1 rings (SSSR count). The van der Waals surface area contributed by atoms with Gasteiger partial charge in [0.05, 0.1) is 12.3 Å². The van der Waals surface area contributed by atoms with Crippen LogP contribution in [-0.4, -0.2) is 15.3 Å². The number of aromatic nitrogens is 2. The van der Waals surface area contributed by atoms with Crippen molar-refractivity contribution in [2.45, 2.75) is 12.5 Å². The number of hydrogen-bond donors (Lipinski definition) is 1. The molecule has 0 aromatic carbocycles. The standard InChI is InChI=1S/C8H8N2O/c1-2-3-8(11)7-4-5-9-10-6-7/h1,4-6,8,11H,3H2. The summed E-state index contributed by atoms with van der Waals surface area (Å²) in [7, 11) is 0. The molecule has 1 unspecified atom stereocenters. The van der Waals surface area contributed by atoms with Crippen LogP contribution >= 0.6 is 0 Å². The lowest BCUT2D eigenvalue weighted by Gasteiger charge is -2.04. The average Bonchev–Trinajstić information content (AvgIpc) is 2.07. The summed E-state index contributed by atoms with van der Waals surface area (Å²) in [6.45, 7) is 0. The molecular formula is C8H8N2O. The summed E-state index contributed by atoms with van der Waals surface area (Å²) < 4.78 is 0. The van der Waals surface area contributed by atoms with E-state index in [9.17, 15) is 5.11 Å². The second kappa shape index (κ2) is 3.69. The van der Waals surface area contributed by atoms with Crippen molar-refractivity contribution < 1.29 is 5.11 Å². The molecule has 0 aliphatic rings. The van der Waals surface area contributed by atoms with Crippen LogP contribution in [0, 0.1) is 12.3 Å². The number of aliphatic hydroxyl groups excluding tert-OH is 1. The van der Waals surface area contributed by atoms with Gasteiger partial charge in [-0.2, -0.15) is 10.2 Å². The molecule has 0 aliphatic heterocycles. The highest BCUT2D eigenvalue weighted by atomic mass is 16.3. The van der Waals surface area contributed by atoms with E-state index in [1.54, 1.807) is 6.07 Å². The first-order valence-corrected chi connectivity index (χ1v) is 3.22. The summed E-state index contributed by atoms with van der Waals surface area (Å²) in [6, 6.07) is 1.69. The SMILES string of the molecule is C#CCC(O)c1ccnnc1. The van der Waals surface area contributed by atoms with Crippen molar-refractivity contribution in [1.29, 1.82) is 0 Å². The maximum absolute atomic E-state index is 9.31. The second-order valence-corrected chi connectivity index (χ2v) is 2.10. The molecule has 1 N–H and O–H groups in total. The van der Waals surface area contributed by atoms with Crippen molar-refractivity contribution in [1.82, 2.24) is 10.2 Å². The molecule has 1 aromatic rings. The lowest BCUT2D eigenvalue weighted by molar-refractivity contribution is 0.183. The number of nitrogens with zero attached hydrogens (tertiary/aromatic N) is 2. The highest BCUT2D eigenvalue weighted by Crippen LogP contribution is 2.12. The molecule has 0 spiro atoms. The zero-order valence-corrected chi connectivity index (χ0v) is 5.94. The van der Waals surface area contributed by atoms with E-state index in [-0.39, 0.29) is 0 Å². The molecule has 11 heavy (non-hydrogen) atoms. The molecule has 56 valence electrons. The maximum atomic E-state index is 9.31. The first-order chi connectivity index (χ1) is 5.34. The number of aliphatic hydroxyl groups is 1. The van der Waals surface area contributed by atoms with Crippen molar-refractivity contribution in [3.63, 3.8) is 0 Å². The Balaban J connectivity index is 2.70. The monoisotopic (exact) mass is 148 g/mol. The fourth-order valence-corrected chi connectivity index (χ4v) is 0.728. The van der Waals surface area contributed by atoms with Crippen LogP contribution in [-0.2, 0) is 0 Å². The third-order valence-electron chi connectivity index (χ3n) is 1.30. The molecule has 3 nitrogen and oxygen atoms in total. The fourth-order valence-electron chi connectivity index (χ4n) is 0.728. The van der Waals surface area contributed by atoms with Crippen molar-refractivity contribution in [2.24, 2.45) is 0 Å². The van der Waals surface area contributed by atoms with Gasteiger partial charge in [0.2, 0.25) is 0 Å².